The smallest absolute Gasteiger partial charge is 0.310 e. The first-order chi connectivity index (χ1) is 8.43. The van der Waals surface area contributed by atoms with E-state index >= 15 is 0 Å². The molecule has 1 aliphatic rings. The van der Waals surface area contributed by atoms with Gasteiger partial charge >= 0.3 is 5.97 Å². The van der Waals surface area contributed by atoms with E-state index in [1.807, 2.05) is 0 Å². The zero-order valence-electron chi connectivity index (χ0n) is 9.87. The summed E-state index contributed by atoms with van der Waals surface area (Å²) in [5, 5.41) is 8.39. The number of benzene rings is 1. The summed E-state index contributed by atoms with van der Waals surface area (Å²) in [4.78, 5) is 11.0. The maximum absolute atomic E-state index is 12.0. The highest BCUT2D eigenvalue weighted by Gasteiger charge is 2.33. The molecule has 1 aliphatic heterocycles. The number of ether oxygens (including phenoxy) is 1. The van der Waals surface area contributed by atoms with Crippen LogP contribution in [-0.2, 0) is 19.4 Å². The summed E-state index contributed by atoms with van der Waals surface area (Å²) in [6.07, 6.45) is 0. The van der Waals surface area contributed by atoms with Crippen molar-refractivity contribution >= 4 is 15.8 Å². The molecule has 0 saturated carbocycles. The molecule has 1 N–H and O–H groups in total. The Morgan fingerprint density at radius 2 is 1.89 bits per heavy atom. The number of rotatable bonds is 4. The van der Waals surface area contributed by atoms with E-state index in [0.717, 1.165) is 0 Å². The van der Waals surface area contributed by atoms with Crippen LogP contribution in [-0.4, -0.2) is 38.0 Å². The fourth-order valence-corrected chi connectivity index (χ4v) is 3.13. The predicted molar refractivity (Wildman–Crippen MR) is 64.3 cm³/mol. The third-order valence-corrected chi connectivity index (χ3v) is 5.20. The molecule has 1 atom stereocenters. The summed E-state index contributed by atoms with van der Waals surface area (Å²) >= 11 is 0. The summed E-state index contributed by atoms with van der Waals surface area (Å²) in [6.45, 7) is 2.02. The zero-order chi connectivity index (χ0) is 13.3. The molecule has 0 aromatic heterocycles. The summed E-state index contributed by atoms with van der Waals surface area (Å²) in [5.41, 5.74) is 0.589. The third kappa shape index (κ3) is 2.26. The lowest BCUT2D eigenvalue weighted by Crippen LogP contribution is -2.40. The Morgan fingerprint density at radius 3 is 2.28 bits per heavy atom. The van der Waals surface area contributed by atoms with Gasteiger partial charge in [0.2, 0.25) is 0 Å². The molecule has 1 saturated heterocycles. The third-order valence-electron chi connectivity index (χ3n) is 3.13. The van der Waals surface area contributed by atoms with Gasteiger partial charge in [-0.15, -0.1) is 0 Å². The summed E-state index contributed by atoms with van der Waals surface area (Å²) in [6, 6.07) is 6.02. The number of carbonyl (C=O) groups is 1. The second-order valence-corrected chi connectivity index (χ2v) is 6.56. The van der Waals surface area contributed by atoms with Gasteiger partial charge in [-0.2, -0.15) is 0 Å². The Hall–Kier alpha value is -1.40. The molecule has 0 spiro atoms. The minimum absolute atomic E-state index is 0.220. The first-order valence-electron chi connectivity index (χ1n) is 5.57. The molecule has 1 heterocycles. The molecule has 2 rings (SSSR count). The lowest BCUT2D eigenvalue weighted by molar-refractivity contribution is -0.138. The lowest BCUT2D eigenvalue weighted by Gasteiger charge is -2.25. The monoisotopic (exact) mass is 270 g/mol. The van der Waals surface area contributed by atoms with Gasteiger partial charge in [0.1, 0.15) is 5.25 Å². The first-order valence-corrected chi connectivity index (χ1v) is 7.12. The van der Waals surface area contributed by atoms with E-state index in [9.17, 15) is 13.2 Å². The lowest BCUT2D eigenvalue weighted by atomic mass is 10.0. The molecule has 1 fully saturated rings. The van der Waals surface area contributed by atoms with Gasteiger partial charge in [-0.25, -0.2) is 8.42 Å². The highest BCUT2D eigenvalue weighted by atomic mass is 32.2. The van der Waals surface area contributed by atoms with Crippen molar-refractivity contribution in [3.63, 3.8) is 0 Å². The van der Waals surface area contributed by atoms with Gasteiger partial charge in [0, 0.05) is 0 Å². The van der Waals surface area contributed by atoms with Crippen molar-refractivity contribution in [2.24, 2.45) is 0 Å². The SMILES string of the molecule is CC(C(=O)O)c1ccc(S(=O)(=O)C2COC2)cc1. The summed E-state index contributed by atoms with van der Waals surface area (Å²) in [5.74, 6) is -1.58. The average Bonchev–Trinajstić information content (AvgIpc) is 2.25. The van der Waals surface area contributed by atoms with Crippen molar-refractivity contribution in [3.8, 4) is 0 Å². The molecule has 1 aromatic carbocycles. The van der Waals surface area contributed by atoms with Crippen molar-refractivity contribution in [3.05, 3.63) is 29.8 Å². The Balaban J connectivity index is 2.25. The number of hydrogen-bond donors (Lipinski definition) is 1. The van der Waals surface area contributed by atoms with Crippen molar-refractivity contribution in [2.75, 3.05) is 13.2 Å². The molecule has 1 unspecified atom stereocenters. The molecule has 1 aromatic rings. The fourth-order valence-electron chi connectivity index (χ4n) is 1.67. The van der Waals surface area contributed by atoms with Crippen molar-refractivity contribution in [2.45, 2.75) is 23.0 Å². The standard InChI is InChI=1S/C12H14O5S/c1-8(12(13)14)9-2-4-10(5-3-9)18(15,16)11-6-17-7-11/h2-5,8,11H,6-7H2,1H3,(H,13,14). The molecule has 6 heteroatoms. The van der Waals surface area contributed by atoms with Crippen molar-refractivity contribution in [1.29, 1.82) is 0 Å². The second kappa shape index (κ2) is 4.70. The van der Waals surface area contributed by atoms with Crippen LogP contribution in [0.3, 0.4) is 0 Å². The zero-order valence-corrected chi connectivity index (χ0v) is 10.7. The van der Waals surface area contributed by atoms with Gasteiger partial charge in [-0.3, -0.25) is 4.79 Å². The number of hydrogen-bond acceptors (Lipinski definition) is 4. The Bertz CT molecular complexity index is 542. The van der Waals surface area contributed by atoms with Crippen LogP contribution in [0.1, 0.15) is 18.4 Å². The Morgan fingerprint density at radius 1 is 1.33 bits per heavy atom. The first kappa shape index (κ1) is 13.0. The fraction of sp³-hybridized carbons (Fsp3) is 0.417. The van der Waals surface area contributed by atoms with E-state index in [4.69, 9.17) is 9.84 Å². The second-order valence-electron chi connectivity index (χ2n) is 4.33. The van der Waals surface area contributed by atoms with Crippen LogP contribution in [0.5, 0.6) is 0 Å². The van der Waals surface area contributed by atoms with Crippen LogP contribution < -0.4 is 0 Å². The van der Waals surface area contributed by atoms with Gasteiger partial charge in [0.25, 0.3) is 0 Å². The Labute approximate surface area is 105 Å². The van der Waals surface area contributed by atoms with Gasteiger partial charge < -0.3 is 9.84 Å². The normalized spacial score (nSPS) is 18.1. The van der Waals surface area contributed by atoms with E-state index < -0.39 is 27.0 Å². The van der Waals surface area contributed by atoms with E-state index in [1.165, 1.54) is 12.1 Å². The van der Waals surface area contributed by atoms with E-state index in [1.54, 1.807) is 19.1 Å². The minimum Gasteiger partial charge on any atom is -0.481 e. The molecule has 5 nitrogen and oxygen atoms in total. The van der Waals surface area contributed by atoms with Gasteiger partial charge in [-0.05, 0) is 24.6 Å². The quantitative estimate of drug-likeness (QED) is 0.884. The number of carboxylic acids is 1. The van der Waals surface area contributed by atoms with E-state index in [0.29, 0.717) is 5.56 Å². The molecule has 18 heavy (non-hydrogen) atoms. The molecule has 0 aliphatic carbocycles. The highest BCUT2D eigenvalue weighted by molar-refractivity contribution is 7.92. The van der Waals surface area contributed by atoms with Gasteiger partial charge in [-0.1, -0.05) is 12.1 Å². The summed E-state index contributed by atoms with van der Waals surface area (Å²) < 4.78 is 28.9. The molecule has 0 bridgehead atoms. The molecule has 0 radical (unpaired) electrons. The van der Waals surface area contributed by atoms with Gasteiger partial charge in [0.15, 0.2) is 9.84 Å². The number of carboxylic acid groups (broad SMARTS) is 1. The molecule has 98 valence electrons. The van der Waals surface area contributed by atoms with Crippen molar-refractivity contribution in [1.82, 2.24) is 0 Å². The number of sulfone groups is 1. The Kier molecular flexibility index (Phi) is 3.41. The van der Waals surface area contributed by atoms with Crippen LogP contribution in [0.4, 0.5) is 0 Å². The van der Waals surface area contributed by atoms with Crippen LogP contribution >= 0.6 is 0 Å². The average molecular weight is 270 g/mol. The topological polar surface area (TPSA) is 80.7 Å². The van der Waals surface area contributed by atoms with Crippen LogP contribution in [0.15, 0.2) is 29.2 Å². The van der Waals surface area contributed by atoms with Crippen LogP contribution in [0, 0.1) is 0 Å². The van der Waals surface area contributed by atoms with Crippen LogP contribution in [0.25, 0.3) is 0 Å². The molecular weight excluding hydrogens is 256 g/mol. The molecule has 0 amide bonds. The highest BCUT2D eigenvalue weighted by Crippen LogP contribution is 2.23. The maximum Gasteiger partial charge on any atom is 0.310 e. The maximum atomic E-state index is 12.0. The van der Waals surface area contributed by atoms with Crippen LogP contribution in [0.2, 0.25) is 0 Å². The molecular formula is C12H14O5S. The van der Waals surface area contributed by atoms with E-state index in [-0.39, 0.29) is 18.1 Å². The largest absolute Gasteiger partial charge is 0.481 e. The summed E-state index contributed by atoms with van der Waals surface area (Å²) in [7, 11) is -3.34. The van der Waals surface area contributed by atoms with Gasteiger partial charge in [0.05, 0.1) is 24.0 Å². The van der Waals surface area contributed by atoms with E-state index in [2.05, 4.69) is 0 Å². The minimum atomic E-state index is -3.34. The predicted octanol–water partition coefficient (Wildman–Crippen LogP) is 1.05. The number of aliphatic carboxylic acids is 1. The van der Waals surface area contributed by atoms with Crippen molar-refractivity contribution < 1.29 is 23.1 Å².